The van der Waals surface area contributed by atoms with E-state index in [1.165, 1.54) is 37.2 Å². The van der Waals surface area contributed by atoms with Gasteiger partial charge in [0.05, 0.1) is 18.8 Å². The molecule has 5 aliphatic rings. The number of carbonyl (C=O) groups excluding carboxylic acids is 1. The number of aromatic nitrogens is 1. The quantitative estimate of drug-likeness (QED) is 0.0883. The minimum Gasteiger partial charge on any atom is -0.618 e. The molecule has 0 spiro atoms. The number of thioether (sulfide) groups is 1. The van der Waals surface area contributed by atoms with Crippen molar-refractivity contribution in [3.05, 3.63) is 125 Å². The number of urea groups is 1. The van der Waals surface area contributed by atoms with E-state index in [-0.39, 0.29) is 36.3 Å². The Morgan fingerprint density at radius 3 is 2.27 bits per heavy atom. The highest BCUT2D eigenvalue weighted by molar-refractivity contribution is 7.99. The third kappa shape index (κ3) is 7.54. The van der Waals surface area contributed by atoms with Gasteiger partial charge in [0.1, 0.15) is 0 Å². The smallest absolute Gasteiger partial charge is 0.315 e. The van der Waals surface area contributed by atoms with Crippen molar-refractivity contribution in [3.8, 4) is 11.1 Å². The van der Waals surface area contributed by atoms with Crippen molar-refractivity contribution >= 4 is 17.8 Å². The van der Waals surface area contributed by atoms with Crippen molar-refractivity contribution in [3.63, 3.8) is 0 Å². The largest absolute Gasteiger partial charge is 0.618 e. The van der Waals surface area contributed by atoms with Gasteiger partial charge in [0, 0.05) is 41.5 Å². The van der Waals surface area contributed by atoms with Gasteiger partial charge in [-0.25, -0.2) is 4.79 Å². The second kappa shape index (κ2) is 14.6. The second-order valence-electron chi connectivity index (χ2n) is 15.3. The third-order valence-electron chi connectivity index (χ3n) is 11.6. The molecule has 1 aromatic heterocycles. The Morgan fingerprint density at radius 2 is 1.57 bits per heavy atom. The van der Waals surface area contributed by atoms with Crippen LogP contribution in [0, 0.1) is 28.9 Å². The molecule has 2 heterocycles. The van der Waals surface area contributed by atoms with Crippen LogP contribution < -0.4 is 15.4 Å². The van der Waals surface area contributed by atoms with Crippen molar-refractivity contribution < 1.29 is 24.1 Å². The van der Waals surface area contributed by atoms with Gasteiger partial charge in [-0.2, -0.15) is 4.73 Å². The molecule has 3 N–H and O–H groups in total. The molecule has 4 unspecified atom stereocenters. The van der Waals surface area contributed by atoms with E-state index >= 15 is 0 Å². The van der Waals surface area contributed by atoms with E-state index in [1.54, 1.807) is 6.07 Å². The first-order valence-electron chi connectivity index (χ1n) is 18.4. The van der Waals surface area contributed by atoms with E-state index in [0.717, 1.165) is 75.1 Å². The van der Waals surface area contributed by atoms with Crippen LogP contribution in [0.15, 0.2) is 102 Å². The molecule has 2 amide bonds. The standard InChI is InChI=1S/C42H47N3O5S/c1-27-37(26-51-38-10-2-3-15-45(38)48)49-40(50-39(27)33-13-11-28(25-46)12-14-33)36-9-5-8-35(20-36)34-7-4-6-29(19-34)24-43-41(47)44-42-21-30-16-31(22-42)18-32(17-30)23-42/h2-15,19-20,27,30-32,37,39-40,46H,16-18,21-26H2,1H3,(H2,43,44,47). The van der Waals surface area contributed by atoms with Gasteiger partial charge in [0.2, 0.25) is 0 Å². The molecule has 8 nitrogen and oxygen atoms in total. The molecule has 1 saturated heterocycles. The number of benzene rings is 3. The van der Waals surface area contributed by atoms with Gasteiger partial charge in [-0.15, -0.1) is 0 Å². The van der Waals surface area contributed by atoms with Crippen molar-refractivity contribution in [1.29, 1.82) is 0 Å². The normalized spacial score (nSPS) is 29.5. The lowest BCUT2D eigenvalue weighted by atomic mass is 9.53. The molecule has 4 bridgehead atoms. The van der Waals surface area contributed by atoms with E-state index < -0.39 is 6.29 Å². The summed E-state index contributed by atoms with van der Waals surface area (Å²) < 4.78 is 14.3. The van der Waals surface area contributed by atoms with Crippen LogP contribution in [0.25, 0.3) is 11.1 Å². The van der Waals surface area contributed by atoms with Crippen LogP contribution in [0.3, 0.4) is 0 Å². The summed E-state index contributed by atoms with van der Waals surface area (Å²) in [6.45, 7) is 2.57. The lowest BCUT2D eigenvalue weighted by molar-refractivity contribution is -0.645. The zero-order valence-corrected chi connectivity index (χ0v) is 29.9. The minimum atomic E-state index is -0.623. The van der Waals surface area contributed by atoms with Crippen LogP contribution in [0.5, 0.6) is 0 Å². The molecule has 1 aliphatic heterocycles. The van der Waals surface area contributed by atoms with Crippen LogP contribution >= 0.6 is 11.8 Å². The van der Waals surface area contributed by atoms with Gasteiger partial charge in [0.15, 0.2) is 12.5 Å². The van der Waals surface area contributed by atoms with E-state index in [4.69, 9.17) is 9.47 Å². The summed E-state index contributed by atoms with van der Waals surface area (Å²) >= 11 is 1.48. The maximum absolute atomic E-state index is 13.2. The van der Waals surface area contributed by atoms with Crippen LogP contribution in [0.2, 0.25) is 0 Å². The lowest BCUT2D eigenvalue weighted by Gasteiger charge is -2.56. The van der Waals surface area contributed by atoms with E-state index in [1.807, 2.05) is 54.6 Å². The van der Waals surface area contributed by atoms with Crippen molar-refractivity contribution in [2.24, 2.45) is 23.7 Å². The Hall–Kier alpha value is -3.89. The number of ether oxygens (including phenoxy) is 2. The minimum absolute atomic E-state index is 0.00468. The van der Waals surface area contributed by atoms with Crippen LogP contribution in [-0.2, 0) is 22.6 Å². The molecule has 5 fully saturated rings. The maximum atomic E-state index is 13.2. The lowest BCUT2D eigenvalue weighted by Crippen LogP contribution is -2.61. The molecular formula is C42H47N3O5S. The Bertz CT molecular complexity index is 1820. The van der Waals surface area contributed by atoms with E-state index in [0.29, 0.717) is 17.3 Å². The average molecular weight is 706 g/mol. The van der Waals surface area contributed by atoms with E-state index in [2.05, 4.69) is 47.9 Å². The number of aliphatic hydroxyl groups is 1. The number of amides is 2. The molecule has 4 aromatic rings. The molecule has 3 aromatic carbocycles. The second-order valence-corrected chi connectivity index (χ2v) is 16.4. The van der Waals surface area contributed by atoms with Gasteiger partial charge >= 0.3 is 6.03 Å². The number of rotatable bonds is 10. The van der Waals surface area contributed by atoms with Gasteiger partial charge in [-0.1, -0.05) is 79.3 Å². The van der Waals surface area contributed by atoms with Crippen molar-refractivity contribution in [2.75, 3.05) is 5.75 Å². The molecule has 266 valence electrons. The Kier molecular flexibility index (Phi) is 9.81. The van der Waals surface area contributed by atoms with Gasteiger partial charge in [-0.3, -0.25) is 0 Å². The highest BCUT2D eigenvalue weighted by atomic mass is 32.2. The maximum Gasteiger partial charge on any atom is 0.315 e. The summed E-state index contributed by atoms with van der Waals surface area (Å²) in [7, 11) is 0. The molecule has 51 heavy (non-hydrogen) atoms. The number of carbonyl (C=O) groups is 1. The number of nitrogens with zero attached hydrogens (tertiary/aromatic N) is 1. The van der Waals surface area contributed by atoms with Gasteiger partial charge in [0.25, 0.3) is 5.03 Å². The molecule has 0 radical (unpaired) electrons. The fourth-order valence-corrected chi connectivity index (χ4v) is 10.5. The summed E-state index contributed by atoms with van der Waals surface area (Å²) in [4.78, 5) is 13.2. The third-order valence-corrected chi connectivity index (χ3v) is 12.7. The van der Waals surface area contributed by atoms with Crippen LogP contribution in [0.1, 0.15) is 80.1 Å². The average Bonchev–Trinajstić information content (AvgIpc) is 3.14. The summed E-state index contributed by atoms with van der Waals surface area (Å²) in [5.74, 6) is 2.94. The number of nitrogens with one attached hydrogen (secondary N) is 2. The van der Waals surface area contributed by atoms with Crippen molar-refractivity contribution in [2.45, 2.75) is 87.7 Å². The molecular weight excluding hydrogens is 659 g/mol. The van der Waals surface area contributed by atoms with Crippen LogP contribution in [0.4, 0.5) is 4.79 Å². The summed E-state index contributed by atoms with van der Waals surface area (Å²) in [5, 5.41) is 29.2. The van der Waals surface area contributed by atoms with Gasteiger partial charge < -0.3 is 30.4 Å². The Balaban J connectivity index is 0.971. The fraction of sp³-hybridized carbons (Fsp3) is 0.429. The SMILES string of the molecule is CC1C(CSc2cccc[n+]2[O-])OC(c2cccc(-c3cccc(CNC(=O)NC45CC6CC(CC(C6)C4)C5)c3)c2)OC1c1ccc(CO)cc1. The summed E-state index contributed by atoms with van der Waals surface area (Å²) in [6, 6.07) is 29.8. The molecule has 9 heteroatoms. The number of pyridine rings is 1. The zero-order valence-electron chi connectivity index (χ0n) is 29.1. The van der Waals surface area contributed by atoms with Crippen molar-refractivity contribution in [1.82, 2.24) is 10.6 Å². The first kappa shape index (κ1) is 34.2. The summed E-state index contributed by atoms with van der Waals surface area (Å²) in [5.41, 5.74) is 5.88. The topological polar surface area (TPSA) is 107 Å². The fourth-order valence-electron chi connectivity index (χ4n) is 9.46. The molecule has 9 rings (SSSR count). The first-order chi connectivity index (χ1) is 24.8. The Labute approximate surface area is 304 Å². The molecule has 4 saturated carbocycles. The monoisotopic (exact) mass is 705 g/mol. The predicted molar refractivity (Wildman–Crippen MR) is 197 cm³/mol. The highest BCUT2D eigenvalue weighted by Crippen LogP contribution is 2.55. The Morgan fingerprint density at radius 1 is 0.863 bits per heavy atom. The summed E-state index contributed by atoms with van der Waals surface area (Å²) in [6.07, 6.45) is 7.90. The van der Waals surface area contributed by atoms with Gasteiger partial charge in [-0.05, 0) is 102 Å². The number of hydrogen-bond donors (Lipinski definition) is 3. The van der Waals surface area contributed by atoms with E-state index in [9.17, 15) is 15.1 Å². The number of hydrogen-bond acceptors (Lipinski definition) is 6. The molecule has 4 atom stereocenters. The van der Waals surface area contributed by atoms with Crippen LogP contribution in [-0.4, -0.2) is 28.5 Å². The molecule has 4 aliphatic carbocycles. The highest BCUT2D eigenvalue weighted by Gasteiger charge is 2.51. The zero-order chi connectivity index (χ0) is 35.0. The first-order valence-corrected chi connectivity index (χ1v) is 19.4. The predicted octanol–water partition coefficient (Wildman–Crippen LogP) is 7.83. The number of aliphatic hydroxyl groups excluding tert-OH is 1.